The molecule has 0 aliphatic rings. The highest BCUT2D eigenvalue weighted by atomic mass is 79.9. The third-order valence-electron chi connectivity index (χ3n) is 3.75. The van der Waals surface area contributed by atoms with Crippen molar-refractivity contribution < 1.29 is 4.79 Å². The Morgan fingerprint density at radius 3 is 2.65 bits per heavy atom. The van der Waals surface area contributed by atoms with Crippen molar-refractivity contribution in [3.8, 4) is 0 Å². The van der Waals surface area contributed by atoms with Crippen LogP contribution in [-0.2, 0) is 11.2 Å². The van der Waals surface area contributed by atoms with Crippen LogP contribution >= 0.6 is 28.3 Å². The van der Waals surface area contributed by atoms with Crippen LogP contribution in [0.5, 0.6) is 0 Å². The molecule has 0 fully saturated rings. The van der Waals surface area contributed by atoms with Crippen LogP contribution in [0.15, 0.2) is 46.9 Å². The molecule has 2 aromatic carbocycles. The minimum Gasteiger partial charge on any atom is -0.399 e. The molecule has 1 amide bonds. The first-order chi connectivity index (χ1) is 10.5. The van der Waals surface area contributed by atoms with Gasteiger partial charge >= 0.3 is 0 Å². The molecule has 1 atom stereocenters. The molecule has 0 aromatic heterocycles. The number of amides is 1. The summed E-state index contributed by atoms with van der Waals surface area (Å²) in [6.07, 6.45) is 1.52. The summed E-state index contributed by atoms with van der Waals surface area (Å²) in [4.78, 5) is 12.5. The van der Waals surface area contributed by atoms with E-state index in [0.717, 1.165) is 34.1 Å². The summed E-state index contributed by atoms with van der Waals surface area (Å²) in [6, 6.07) is 13.6. The summed E-state index contributed by atoms with van der Waals surface area (Å²) in [5.41, 5.74) is 9.41. The molecule has 124 valence electrons. The van der Waals surface area contributed by atoms with Crippen LogP contribution < -0.4 is 11.1 Å². The smallest absolute Gasteiger partial charge is 0.227 e. The van der Waals surface area contributed by atoms with Crippen molar-refractivity contribution in [3.05, 3.63) is 58.1 Å². The maximum absolute atomic E-state index is 12.5. The second-order valence-corrected chi connectivity index (χ2v) is 6.42. The van der Waals surface area contributed by atoms with Gasteiger partial charge in [-0.1, -0.05) is 41.1 Å². The average molecular weight is 398 g/mol. The Bertz CT molecular complexity index is 676. The molecule has 0 radical (unpaired) electrons. The summed E-state index contributed by atoms with van der Waals surface area (Å²) in [5, 5.41) is 3.01. The van der Waals surface area contributed by atoms with Gasteiger partial charge in [0.05, 0.1) is 0 Å². The molecule has 1 unspecified atom stereocenters. The molecular formula is C18H22BrClN2O. The van der Waals surface area contributed by atoms with Gasteiger partial charge in [0, 0.05) is 21.8 Å². The van der Waals surface area contributed by atoms with Crippen LogP contribution in [0.1, 0.15) is 24.5 Å². The van der Waals surface area contributed by atoms with Gasteiger partial charge in [-0.05, 0) is 55.2 Å². The van der Waals surface area contributed by atoms with Gasteiger partial charge in [0.15, 0.2) is 0 Å². The molecule has 0 heterocycles. The van der Waals surface area contributed by atoms with E-state index >= 15 is 0 Å². The minimum atomic E-state index is -0.0601. The van der Waals surface area contributed by atoms with Gasteiger partial charge in [0.25, 0.3) is 0 Å². The van der Waals surface area contributed by atoms with Gasteiger partial charge in [-0.3, -0.25) is 4.79 Å². The highest BCUT2D eigenvalue weighted by molar-refractivity contribution is 9.10. The van der Waals surface area contributed by atoms with Crippen molar-refractivity contribution in [2.24, 2.45) is 5.92 Å². The van der Waals surface area contributed by atoms with E-state index < -0.39 is 0 Å². The number of nitrogen functional groups attached to an aromatic ring is 1. The first kappa shape index (κ1) is 19.5. The molecule has 0 aliphatic heterocycles. The summed E-state index contributed by atoms with van der Waals surface area (Å²) in [5.74, 6) is -0.0219. The summed E-state index contributed by atoms with van der Waals surface area (Å²) < 4.78 is 1.03. The average Bonchev–Trinajstić information content (AvgIpc) is 2.48. The molecule has 0 saturated heterocycles. The van der Waals surface area contributed by atoms with Crippen molar-refractivity contribution >= 4 is 45.6 Å². The highest BCUT2D eigenvalue weighted by Crippen LogP contribution is 2.22. The Balaban J connectivity index is 0.00000264. The molecule has 5 heteroatoms. The van der Waals surface area contributed by atoms with E-state index in [1.54, 1.807) is 6.07 Å². The molecule has 0 bridgehead atoms. The van der Waals surface area contributed by atoms with E-state index in [1.165, 1.54) is 0 Å². The van der Waals surface area contributed by atoms with Crippen LogP contribution in [0.25, 0.3) is 0 Å². The van der Waals surface area contributed by atoms with Crippen LogP contribution in [0.4, 0.5) is 11.4 Å². The van der Waals surface area contributed by atoms with Crippen molar-refractivity contribution in [2.75, 3.05) is 11.1 Å². The lowest BCUT2D eigenvalue weighted by molar-refractivity contribution is -0.119. The van der Waals surface area contributed by atoms with Gasteiger partial charge < -0.3 is 11.1 Å². The number of halogens is 2. The Morgan fingerprint density at radius 2 is 2.00 bits per heavy atom. The van der Waals surface area contributed by atoms with Crippen LogP contribution in [0.2, 0.25) is 0 Å². The number of benzene rings is 2. The third-order valence-corrected chi connectivity index (χ3v) is 4.25. The Hall–Kier alpha value is -1.52. The minimum absolute atomic E-state index is 0. The van der Waals surface area contributed by atoms with Crippen molar-refractivity contribution in [2.45, 2.75) is 26.7 Å². The number of anilines is 2. The van der Waals surface area contributed by atoms with Crippen LogP contribution in [0, 0.1) is 12.8 Å². The van der Waals surface area contributed by atoms with Crippen LogP contribution in [0.3, 0.4) is 0 Å². The predicted octanol–water partition coefficient (Wildman–Crippen LogP) is 4.97. The zero-order valence-corrected chi connectivity index (χ0v) is 15.7. The standard InChI is InChI=1S/C18H21BrN2O.ClH/c1-3-14(9-13-5-4-6-15(19)10-13)18(22)21-17-11-16(20)8-7-12(17)2;/h4-8,10-11,14H,3,9,20H2,1-2H3,(H,21,22);1H. The number of carbonyl (C=O) groups excluding carboxylic acids is 1. The molecule has 0 spiro atoms. The Labute approximate surface area is 152 Å². The summed E-state index contributed by atoms with van der Waals surface area (Å²) in [7, 11) is 0. The fourth-order valence-electron chi connectivity index (χ4n) is 2.38. The molecule has 3 N–H and O–H groups in total. The van der Waals surface area contributed by atoms with Gasteiger partial charge in [-0.15, -0.1) is 12.4 Å². The molecule has 3 nitrogen and oxygen atoms in total. The third kappa shape index (κ3) is 5.56. The topological polar surface area (TPSA) is 55.1 Å². The fraction of sp³-hybridized carbons (Fsp3) is 0.278. The quantitative estimate of drug-likeness (QED) is 0.700. The maximum atomic E-state index is 12.5. The van der Waals surface area contributed by atoms with Gasteiger partial charge in [-0.25, -0.2) is 0 Å². The highest BCUT2D eigenvalue weighted by Gasteiger charge is 2.18. The Morgan fingerprint density at radius 1 is 1.26 bits per heavy atom. The second-order valence-electron chi connectivity index (χ2n) is 5.50. The summed E-state index contributed by atoms with van der Waals surface area (Å²) in [6.45, 7) is 4.00. The Kier molecular flexibility index (Phi) is 7.59. The first-order valence-electron chi connectivity index (χ1n) is 7.41. The molecular weight excluding hydrogens is 376 g/mol. The molecule has 0 saturated carbocycles. The van der Waals surface area contributed by atoms with E-state index in [2.05, 4.69) is 27.3 Å². The van der Waals surface area contributed by atoms with E-state index in [4.69, 9.17) is 5.73 Å². The predicted molar refractivity (Wildman–Crippen MR) is 103 cm³/mol. The van der Waals surface area contributed by atoms with Crippen molar-refractivity contribution in [1.29, 1.82) is 0 Å². The normalized spacial score (nSPS) is 11.4. The second kappa shape index (κ2) is 8.94. The van der Waals surface area contributed by atoms with Crippen molar-refractivity contribution in [3.63, 3.8) is 0 Å². The molecule has 0 aliphatic carbocycles. The molecule has 2 rings (SSSR count). The van der Waals surface area contributed by atoms with Gasteiger partial charge in [-0.2, -0.15) is 0 Å². The van der Waals surface area contributed by atoms with Crippen molar-refractivity contribution in [1.82, 2.24) is 0 Å². The number of hydrogen-bond donors (Lipinski definition) is 2. The number of aryl methyl sites for hydroxylation is 1. The lowest BCUT2D eigenvalue weighted by atomic mass is 9.96. The lowest BCUT2D eigenvalue weighted by Crippen LogP contribution is -2.24. The number of nitrogens with one attached hydrogen (secondary N) is 1. The number of hydrogen-bond acceptors (Lipinski definition) is 2. The largest absolute Gasteiger partial charge is 0.399 e. The maximum Gasteiger partial charge on any atom is 0.227 e. The van der Waals surface area contributed by atoms with E-state index in [9.17, 15) is 4.79 Å². The summed E-state index contributed by atoms with van der Waals surface area (Å²) >= 11 is 3.47. The SMILES string of the molecule is CCC(Cc1cccc(Br)c1)C(=O)Nc1cc(N)ccc1C.Cl. The van der Waals surface area contributed by atoms with Gasteiger partial charge in [0.2, 0.25) is 5.91 Å². The number of carbonyl (C=O) groups is 1. The van der Waals surface area contributed by atoms with E-state index in [1.807, 2.05) is 44.2 Å². The van der Waals surface area contributed by atoms with Crippen LogP contribution in [-0.4, -0.2) is 5.91 Å². The number of rotatable bonds is 5. The zero-order valence-electron chi connectivity index (χ0n) is 13.3. The zero-order chi connectivity index (χ0) is 16.1. The van der Waals surface area contributed by atoms with E-state index in [-0.39, 0.29) is 24.2 Å². The van der Waals surface area contributed by atoms with E-state index in [0.29, 0.717) is 5.69 Å². The molecule has 2 aromatic rings. The molecule has 23 heavy (non-hydrogen) atoms. The number of nitrogens with two attached hydrogens (primary N) is 1. The first-order valence-corrected chi connectivity index (χ1v) is 8.20. The lowest BCUT2D eigenvalue weighted by Gasteiger charge is -2.17. The fourth-order valence-corrected chi connectivity index (χ4v) is 2.83. The van der Waals surface area contributed by atoms with Gasteiger partial charge in [0.1, 0.15) is 0 Å². The monoisotopic (exact) mass is 396 g/mol.